The second-order valence-electron chi connectivity index (χ2n) is 7.64. The van der Waals surface area contributed by atoms with Gasteiger partial charge in [0.1, 0.15) is 10.6 Å². The highest BCUT2D eigenvalue weighted by Gasteiger charge is 2.35. The van der Waals surface area contributed by atoms with Gasteiger partial charge in [0.25, 0.3) is 0 Å². The van der Waals surface area contributed by atoms with Gasteiger partial charge in [-0.25, -0.2) is 4.79 Å². The number of ether oxygens (including phenoxy) is 2. The molecule has 1 unspecified atom stereocenters. The lowest BCUT2D eigenvalue weighted by atomic mass is 9.97. The molecule has 1 aliphatic carbocycles. The normalized spacial score (nSPS) is 21.9. The van der Waals surface area contributed by atoms with Gasteiger partial charge >= 0.3 is 5.97 Å². The van der Waals surface area contributed by atoms with Crippen LogP contribution in [0, 0.1) is 11.8 Å². The molecule has 1 saturated carbocycles. The van der Waals surface area contributed by atoms with E-state index in [1.807, 2.05) is 18.2 Å². The monoisotopic (exact) mass is 422 g/mol. The van der Waals surface area contributed by atoms with E-state index in [2.05, 4.69) is 26.0 Å². The van der Waals surface area contributed by atoms with Gasteiger partial charge in [-0.05, 0) is 54.5 Å². The third kappa shape index (κ3) is 5.49. The molecule has 0 amide bonds. The first-order valence-corrected chi connectivity index (χ1v) is 11.0. The minimum absolute atomic E-state index is 0.0993. The molecule has 6 heteroatoms. The summed E-state index contributed by atoms with van der Waals surface area (Å²) >= 11 is 7.82. The number of hydrogen-bond donors (Lipinski definition) is 1. The molecule has 2 aromatic rings. The summed E-state index contributed by atoms with van der Waals surface area (Å²) in [7, 11) is 0. The molecule has 28 heavy (non-hydrogen) atoms. The Kier molecular flexibility index (Phi) is 7.38. The summed E-state index contributed by atoms with van der Waals surface area (Å²) in [6.45, 7) is 5.98. The average molecular weight is 423 g/mol. The second-order valence-corrected chi connectivity index (χ2v) is 9.37. The Morgan fingerprint density at radius 3 is 2.79 bits per heavy atom. The summed E-state index contributed by atoms with van der Waals surface area (Å²) in [5.41, 5.74) is 1.27. The topological polar surface area (TPSA) is 55.8 Å². The number of benzene rings is 1. The van der Waals surface area contributed by atoms with Crippen molar-refractivity contribution in [2.24, 2.45) is 11.8 Å². The number of halogens is 1. The highest BCUT2D eigenvalue weighted by molar-refractivity contribution is 7.13. The minimum Gasteiger partial charge on any atom is -0.493 e. The third-order valence-electron chi connectivity index (χ3n) is 5.30. The van der Waals surface area contributed by atoms with Gasteiger partial charge in [0, 0.05) is 16.2 Å². The summed E-state index contributed by atoms with van der Waals surface area (Å²) in [6.07, 6.45) is 2.00. The predicted octanol–water partition coefficient (Wildman–Crippen LogP) is 5.80. The van der Waals surface area contributed by atoms with Crippen LogP contribution in [-0.2, 0) is 11.3 Å². The minimum atomic E-state index is -0.893. The van der Waals surface area contributed by atoms with E-state index in [1.54, 1.807) is 6.07 Å². The van der Waals surface area contributed by atoms with E-state index in [-0.39, 0.29) is 11.3 Å². The number of thiophene rings is 1. The zero-order valence-electron chi connectivity index (χ0n) is 16.3. The summed E-state index contributed by atoms with van der Waals surface area (Å²) in [5.74, 6) is 1.07. The Hall–Kier alpha value is -1.56. The molecule has 0 saturated heterocycles. The van der Waals surface area contributed by atoms with E-state index in [0.717, 1.165) is 23.5 Å². The largest absolute Gasteiger partial charge is 0.493 e. The molecule has 3 atom stereocenters. The average Bonchev–Trinajstić information content (AvgIpc) is 3.28. The fraction of sp³-hybridized carbons (Fsp3) is 0.500. The lowest BCUT2D eigenvalue weighted by molar-refractivity contribution is 0.0656. The lowest BCUT2D eigenvalue weighted by Gasteiger charge is -2.22. The molecule has 1 heterocycles. The quantitative estimate of drug-likeness (QED) is 0.519. The van der Waals surface area contributed by atoms with Crippen LogP contribution in [-0.4, -0.2) is 29.7 Å². The lowest BCUT2D eigenvalue weighted by Crippen LogP contribution is -2.26. The first-order valence-electron chi connectivity index (χ1n) is 9.70. The van der Waals surface area contributed by atoms with Crippen molar-refractivity contribution >= 4 is 28.9 Å². The van der Waals surface area contributed by atoms with Crippen LogP contribution in [0.3, 0.4) is 0 Å². The highest BCUT2D eigenvalue weighted by atomic mass is 35.5. The first kappa shape index (κ1) is 21.2. The number of carbonyl (C=O) groups is 1. The Morgan fingerprint density at radius 2 is 2.07 bits per heavy atom. The number of aromatic carboxylic acids is 1. The van der Waals surface area contributed by atoms with E-state index in [0.29, 0.717) is 36.5 Å². The van der Waals surface area contributed by atoms with Gasteiger partial charge in [-0.2, -0.15) is 0 Å². The van der Waals surface area contributed by atoms with Gasteiger partial charge in [0.05, 0.1) is 19.8 Å². The van der Waals surface area contributed by atoms with Crippen LogP contribution in [0.25, 0.3) is 0 Å². The number of rotatable bonds is 9. The fourth-order valence-corrected chi connectivity index (χ4v) is 4.77. The van der Waals surface area contributed by atoms with Gasteiger partial charge in [-0.15, -0.1) is 22.9 Å². The zero-order chi connectivity index (χ0) is 20.1. The van der Waals surface area contributed by atoms with E-state index in [4.69, 9.17) is 26.2 Å². The van der Waals surface area contributed by atoms with E-state index >= 15 is 0 Å². The SMILES string of the molecule is CC(C)c1cccc(OC[C@H]2C(Cl)CC[C@@H]2COCc2ccc(C(=O)O)s2)c1. The molecule has 3 rings (SSSR count). The summed E-state index contributed by atoms with van der Waals surface area (Å²) in [6, 6.07) is 11.7. The molecular formula is C22H27ClO4S. The van der Waals surface area contributed by atoms with Gasteiger partial charge in [-0.3, -0.25) is 0 Å². The Labute approximate surface area is 175 Å². The molecule has 1 aromatic carbocycles. The predicted molar refractivity (Wildman–Crippen MR) is 113 cm³/mol. The molecule has 1 aliphatic rings. The van der Waals surface area contributed by atoms with Crippen molar-refractivity contribution in [3.8, 4) is 5.75 Å². The van der Waals surface area contributed by atoms with Crippen LogP contribution < -0.4 is 4.74 Å². The number of hydrogen-bond acceptors (Lipinski definition) is 4. The van der Waals surface area contributed by atoms with Crippen molar-refractivity contribution in [3.05, 3.63) is 51.7 Å². The van der Waals surface area contributed by atoms with Crippen molar-refractivity contribution in [3.63, 3.8) is 0 Å². The maximum absolute atomic E-state index is 11.0. The Bertz CT molecular complexity index is 788. The molecule has 0 spiro atoms. The smallest absolute Gasteiger partial charge is 0.345 e. The second kappa shape index (κ2) is 9.77. The molecule has 1 aromatic heterocycles. The van der Waals surface area contributed by atoms with E-state index < -0.39 is 5.97 Å². The van der Waals surface area contributed by atoms with Crippen LogP contribution in [0.4, 0.5) is 0 Å². The molecule has 1 N–H and O–H groups in total. The maximum atomic E-state index is 11.0. The standard InChI is InChI=1S/C22H27ClO4S/c1-14(2)15-4-3-5-17(10-15)27-13-19-16(6-8-20(19)23)11-26-12-18-7-9-21(28-18)22(24)25/h3-5,7,9-10,14,16,19-20H,6,8,11-13H2,1-2H3,(H,24,25)/t16-,19-,20?/m1/s1. The summed E-state index contributed by atoms with van der Waals surface area (Å²) in [4.78, 5) is 12.2. The van der Waals surface area contributed by atoms with Gasteiger partial charge in [-0.1, -0.05) is 26.0 Å². The van der Waals surface area contributed by atoms with Gasteiger partial charge in [0.2, 0.25) is 0 Å². The Morgan fingerprint density at radius 1 is 1.25 bits per heavy atom. The molecule has 0 bridgehead atoms. The van der Waals surface area contributed by atoms with Gasteiger partial charge in [0.15, 0.2) is 0 Å². The third-order valence-corrected chi connectivity index (χ3v) is 6.89. The molecule has 4 nitrogen and oxygen atoms in total. The zero-order valence-corrected chi connectivity index (χ0v) is 17.8. The maximum Gasteiger partial charge on any atom is 0.345 e. The number of carboxylic acids is 1. The van der Waals surface area contributed by atoms with Crippen LogP contribution in [0.1, 0.15) is 52.7 Å². The van der Waals surface area contributed by atoms with Gasteiger partial charge < -0.3 is 14.6 Å². The van der Waals surface area contributed by atoms with Crippen LogP contribution >= 0.6 is 22.9 Å². The summed E-state index contributed by atoms with van der Waals surface area (Å²) < 4.78 is 12.0. The van der Waals surface area contributed by atoms with E-state index in [1.165, 1.54) is 16.9 Å². The van der Waals surface area contributed by atoms with Crippen LogP contribution in [0.2, 0.25) is 0 Å². The highest BCUT2D eigenvalue weighted by Crippen LogP contribution is 2.37. The number of carboxylic acid groups (broad SMARTS) is 1. The summed E-state index contributed by atoms with van der Waals surface area (Å²) in [5, 5.41) is 9.10. The van der Waals surface area contributed by atoms with Crippen LogP contribution in [0.15, 0.2) is 36.4 Å². The molecule has 1 fully saturated rings. The van der Waals surface area contributed by atoms with Crippen molar-refractivity contribution in [2.75, 3.05) is 13.2 Å². The van der Waals surface area contributed by atoms with Crippen molar-refractivity contribution in [1.29, 1.82) is 0 Å². The van der Waals surface area contributed by atoms with E-state index in [9.17, 15) is 4.79 Å². The molecular weight excluding hydrogens is 396 g/mol. The number of alkyl halides is 1. The fourth-order valence-electron chi connectivity index (χ4n) is 3.58. The molecule has 0 radical (unpaired) electrons. The van der Waals surface area contributed by atoms with Crippen molar-refractivity contribution in [1.82, 2.24) is 0 Å². The van der Waals surface area contributed by atoms with Crippen molar-refractivity contribution < 1.29 is 19.4 Å². The first-order chi connectivity index (χ1) is 13.4. The Balaban J connectivity index is 1.50. The molecule has 152 valence electrons. The van der Waals surface area contributed by atoms with Crippen molar-refractivity contribution in [2.45, 2.75) is 44.6 Å². The molecule has 0 aliphatic heterocycles. The van der Waals surface area contributed by atoms with Crippen LogP contribution in [0.5, 0.6) is 5.75 Å².